The molecule has 0 spiro atoms. The molecule has 0 unspecified atom stereocenters. The van der Waals surface area contributed by atoms with Crippen molar-refractivity contribution in [2.45, 2.75) is 26.7 Å². The highest BCUT2D eigenvalue weighted by Crippen LogP contribution is 2.38. The van der Waals surface area contributed by atoms with Gasteiger partial charge in [0.2, 0.25) is 0 Å². The van der Waals surface area contributed by atoms with Gasteiger partial charge in [0, 0.05) is 17.9 Å². The number of sulfone groups is 2. The Bertz CT molecular complexity index is 1470. The lowest BCUT2D eigenvalue weighted by Crippen LogP contribution is -2.37. The van der Waals surface area contributed by atoms with Gasteiger partial charge in [-0.2, -0.15) is 0 Å². The molecule has 0 fully saturated rings. The zero-order valence-electron chi connectivity index (χ0n) is 19.1. The molecule has 36 heavy (non-hydrogen) atoms. The van der Waals surface area contributed by atoms with Gasteiger partial charge in [-0.05, 0) is 42.0 Å². The number of Topliss-reactive ketones (excluding diaryl/α,β-unsaturated/α-hetero) is 1. The molecular formula is C28H23FO5S2. The van der Waals surface area contributed by atoms with Gasteiger partial charge in [0.25, 0.3) is 0 Å². The highest BCUT2D eigenvalue weighted by atomic mass is 32.3. The van der Waals surface area contributed by atoms with Crippen LogP contribution < -0.4 is 0 Å². The summed E-state index contributed by atoms with van der Waals surface area (Å²) < 4.78 is 67.7. The lowest BCUT2D eigenvalue weighted by atomic mass is 9.93. The van der Waals surface area contributed by atoms with E-state index in [0.717, 1.165) is 12.1 Å². The number of carbonyl (C=O) groups excluding carboxylic acids is 1. The van der Waals surface area contributed by atoms with Gasteiger partial charge < -0.3 is 0 Å². The summed E-state index contributed by atoms with van der Waals surface area (Å²) in [4.78, 5) is 12.9. The first kappa shape index (κ1) is 25.5. The maximum absolute atomic E-state index is 14.0. The Morgan fingerprint density at radius 2 is 1.03 bits per heavy atom. The quantitative estimate of drug-likeness (QED) is 0.273. The van der Waals surface area contributed by atoms with E-state index in [2.05, 4.69) is 0 Å². The molecule has 0 aliphatic rings. The molecule has 5 nitrogen and oxygen atoms in total. The number of carbonyl (C=O) groups is 1. The van der Waals surface area contributed by atoms with Gasteiger partial charge in [-0.15, -0.1) is 0 Å². The maximum atomic E-state index is 14.0. The highest BCUT2D eigenvalue weighted by molar-refractivity contribution is 8.09. The summed E-state index contributed by atoms with van der Waals surface area (Å²) in [5, 5.41) is 0. The molecule has 0 amide bonds. The molecule has 0 N–H and O–H groups in total. The summed E-state index contributed by atoms with van der Waals surface area (Å²) in [6.07, 6.45) is -0.418. The van der Waals surface area contributed by atoms with E-state index in [0.29, 0.717) is 5.56 Å². The molecule has 4 aromatic rings. The molecule has 184 valence electrons. The van der Waals surface area contributed by atoms with Gasteiger partial charge >= 0.3 is 0 Å². The monoisotopic (exact) mass is 522 g/mol. The van der Waals surface area contributed by atoms with Crippen molar-refractivity contribution in [3.8, 4) is 0 Å². The SMILES string of the molecule is O=C(C[C@@H](c1ccc(F)cc1)C(S(=O)(=O)c1ccccc1)S(=O)(=O)c1ccccc1)c1ccccc1. The first-order valence-electron chi connectivity index (χ1n) is 11.1. The standard InChI is InChI=1S/C28H23FO5S2/c29-23-18-16-21(17-19-23)26(20-27(30)22-10-4-1-5-11-22)28(35(31,32)24-12-6-2-7-13-24)36(33,34)25-14-8-3-9-15-25/h1-19,26,28H,20H2/t26-/m0/s1. The minimum atomic E-state index is -4.53. The Morgan fingerprint density at radius 3 is 1.47 bits per heavy atom. The largest absolute Gasteiger partial charge is 0.294 e. The zero-order chi connectivity index (χ0) is 25.8. The van der Waals surface area contributed by atoms with Gasteiger partial charge in [-0.3, -0.25) is 4.79 Å². The molecule has 4 rings (SSSR count). The Hall–Kier alpha value is -3.62. The van der Waals surface area contributed by atoms with Crippen molar-refractivity contribution in [2.75, 3.05) is 0 Å². The van der Waals surface area contributed by atoms with E-state index in [9.17, 15) is 26.0 Å². The molecule has 8 heteroatoms. The van der Waals surface area contributed by atoms with E-state index in [1.165, 1.54) is 60.7 Å². The third-order valence-corrected chi connectivity index (χ3v) is 11.1. The molecule has 0 aliphatic carbocycles. The fourth-order valence-electron chi connectivity index (χ4n) is 4.11. The Labute approximate surface area is 210 Å². The molecule has 0 aromatic heterocycles. The second-order valence-electron chi connectivity index (χ2n) is 8.24. The maximum Gasteiger partial charge on any atom is 0.196 e. The third kappa shape index (κ3) is 5.29. The number of hydrogen-bond donors (Lipinski definition) is 0. The molecule has 0 saturated carbocycles. The minimum absolute atomic E-state index is 0.186. The third-order valence-electron chi connectivity index (χ3n) is 5.88. The molecule has 4 aromatic carbocycles. The predicted molar refractivity (Wildman–Crippen MR) is 136 cm³/mol. The van der Waals surface area contributed by atoms with E-state index in [1.54, 1.807) is 42.5 Å². The van der Waals surface area contributed by atoms with Crippen LogP contribution in [0.15, 0.2) is 125 Å². The van der Waals surface area contributed by atoms with E-state index in [-0.39, 0.29) is 15.4 Å². The van der Waals surface area contributed by atoms with E-state index < -0.39 is 48.2 Å². The minimum Gasteiger partial charge on any atom is -0.294 e. The van der Waals surface area contributed by atoms with Gasteiger partial charge in [0.1, 0.15) is 5.82 Å². The average molecular weight is 523 g/mol. The first-order valence-corrected chi connectivity index (χ1v) is 14.2. The Morgan fingerprint density at radius 1 is 0.611 bits per heavy atom. The van der Waals surface area contributed by atoms with Crippen molar-refractivity contribution in [3.05, 3.63) is 132 Å². The number of halogens is 1. The lowest BCUT2D eigenvalue weighted by Gasteiger charge is -2.27. The summed E-state index contributed by atoms with van der Waals surface area (Å²) >= 11 is 0. The Kier molecular flexibility index (Phi) is 7.47. The fourth-order valence-corrected chi connectivity index (χ4v) is 9.09. The van der Waals surface area contributed by atoms with E-state index in [1.807, 2.05) is 0 Å². The van der Waals surface area contributed by atoms with Crippen molar-refractivity contribution < 1.29 is 26.0 Å². The first-order chi connectivity index (χ1) is 17.2. The lowest BCUT2D eigenvalue weighted by molar-refractivity contribution is 0.0975. The number of benzene rings is 4. The van der Waals surface area contributed by atoms with Gasteiger partial charge in [-0.1, -0.05) is 78.9 Å². The van der Waals surface area contributed by atoms with Crippen molar-refractivity contribution in [2.24, 2.45) is 0 Å². The second-order valence-corrected chi connectivity index (χ2v) is 12.7. The topological polar surface area (TPSA) is 85.3 Å². The van der Waals surface area contributed by atoms with E-state index >= 15 is 0 Å². The summed E-state index contributed by atoms with van der Waals surface area (Å²) in [6, 6.07) is 27.7. The molecular weight excluding hydrogens is 499 g/mol. The van der Waals surface area contributed by atoms with E-state index in [4.69, 9.17) is 0 Å². The molecule has 0 heterocycles. The van der Waals surface area contributed by atoms with Crippen LogP contribution >= 0.6 is 0 Å². The van der Waals surface area contributed by atoms with Crippen molar-refractivity contribution >= 4 is 25.5 Å². The molecule has 0 saturated heterocycles. The molecule has 1 atom stereocenters. The number of rotatable bonds is 9. The van der Waals surface area contributed by atoms with Crippen molar-refractivity contribution in [1.29, 1.82) is 0 Å². The van der Waals surface area contributed by atoms with Gasteiger partial charge in [-0.25, -0.2) is 21.2 Å². The second kappa shape index (κ2) is 10.6. The normalized spacial score (nSPS) is 12.8. The zero-order valence-corrected chi connectivity index (χ0v) is 20.7. The summed E-state index contributed by atoms with van der Waals surface area (Å²) in [7, 11) is -9.05. The van der Waals surface area contributed by atoms with Crippen molar-refractivity contribution in [3.63, 3.8) is 0 Å². The van der Waals surface area contributed by atoms with Crippen LogP contribution in [0.3, 0.4) is 0 Å². The van der Waals surface area contributed by atoms with Crippen LogP contribution in [0, 0.1) is 5.82 Å². The summed E-state index contributed by atoms with van der Waals surface area (Å²) in [5.74, 6) is -2.31. The smallest absolute Gasteiger partial charge is 0.196 e. The van der Waals surface area contributed by atoms with Crippen LogP contribution in [0.1, 0.15) is 28.3 Å². The number of hydrogen-bond acceptors (Lipinski definition) is 5. The highest BCUT2D eigenvalue weighted by Gasteiger charge is 2.46. The fraction of sp³-hybridized carbons (Fsp3) is 0.107. The van der Waals surface area contributed by atoms with Gasteiger partial charge in [0.15, 0.2) is 30.0 Å². The summed E-state index contributed by atoms with van der Waals surface area (Å²) in [6.45, 7) is 0. The Balaban J connectivity index is 1.95. The molecule has 0 radical (unpaired) electrons. The van der Waals surface area contributed by atoms with Crippen LogP contribution in [0.2, 0.25) is 0 Å². The molecule has 0 aliphatic heterocycles. The average Bonchev–Trinajstić information content (AvgIpc) is 2.90. The van der Waals surface area contributed by atoms with Gasteiger partial charge in [0.05, 0.1) is 9.79 Å². The van der Waals surface area contributed by atoms with Crippen LogP contribution in [0.5, 0.6) is 0 Å². The summed E-state index contributed by atoms with van der Waals surface area (Å²) in [5.41, 5.74) is 0.544. The van der Waals surface area contributed by atoms with Crippen LogP contribution in [0.4, 0.5) is 4.39 Å². The van der Waals surface area contributed by atoms with Crippen LogP contribution in [-0.4, -0.2) is 27.2 Å². The molecule has 0 bridgehead atoms. The number of ketones is 1. The predicted octanol–water partition coefficient (Wildman–Crippen LogP) is 5.46. The van der Waals surface area contributed by atoms with Crippen LogP contribution in [0.25, 0.3) is 0 Å². The van der Waals surface area contributed by atoms with Crippen molar-refractivity contribution in [1.82, 2.24) is 0 Å². The van der Waals surface area contributed by atoms with Crippen LogP contribution in [-0.2, 0) is 19.7 Å².